The molecule has 0 bridgehead atoms. The Morgan fingerprint density at radius 1 is 1.30 bits per heavy atom. The van der Waals surface area contributed by atoms with Gasteiger partial charge in [-0.2, -0.15) is 5.10 Å². The highest BCUT2D eigenvalue weighted by Crippen LogP contribution is 2.29. The van der Waals surface area contributed by atoms with E-state index in [1.807, 2.05) is 24.5 Å². The minimum atomic E-state index is -0.898. The number of nitrogens with one attached hydrogen (secondary N) is 1. The van der Waals surface area contributed by atoms with Gasteiger partial charge in [-0.3, -0.25) is 4.98 Å². The molecule has 0 unspecified atom stereocenters. The highest BCUT2D eigenvalue weighted by molar-refractivity contribution is 5.81. The molecule has 6 heteroatoms. The summed E-state index contributed by atoms with van der Waals surface area (Å²) in [5.74, 6) is 0.661. The monoisotopic (exact) mass is 364 g/mol. The highest BCUT2D eigenvalue weighted by Gasteiger charge is 2.15. The molecule has 1 aliphatic rings. The maximum atomic E-state index is 9.93. The predicted molar refractivity (Wildman–Crippen MR) is 106 cm³/mol. The van der Waals surface area contributed by atoms with Gasteiger partial charge in [-0.05, 0) is 50.6 Å². The quantitative estimate of drug-likeness (QED) is 0.728. The number of nitrogens with zero attached hydrogens (tertiary/aromatic N) is 3. The Bertz CT molecular complexity index is 968. The van der Waals surface area contributed by atoms with Crippen LogP contribution in [0.3, 0.4) is 0 Å². The fourth-order valence-corrected chi connectivity index (χ4v) is 3.17. The van der Waals surface area contributed by atoms with Crippen LogP contribution in [0.5, 0.6) is 5.75 Å². The Balaban J connectivity index is 1.67. The molecule has 0 saturated carbocycles. The third kappa shape index (κ3) is 4.02. The van der Waals surface area contributed by atoms with Crippen LogP contribution in [-0.4, -0.2) is 45.0 Å². The van der Waals surface area contributed by atoms with Gasteiger partial charge in [-0.15, -0.1) is 0 Å². The number of hydrogen-bond donors (Lipinski definition) is 2. The van der Waals surface area contributed by atoms with Crippen LogP contribution < -0.4 is 10.1 Å². The molecule has 0 aliphatic carbocycles. The molecular formula is C21H24N4O2. The van der Waals surface area contributed by atoms with Crippen molar-refractivity contribution in [2.75, 3.05) is 19.7 Å². The van der Waals surface area contributed by atoms with Crippen LogP contribution in [0.4, 0.5) is 0 Å². The summed E-state index contributed by atoms with van der Waals surface area (Å²) in [7, 11) is 0. The van der Waals surface area contributed by atoms with E-state index in [4.69, 9.17) is 4.74 Å². The van der Waals surface area contributed by atoms with Crippen molar-refractivity contribution in [3.8, 4) is 16.9 Å². The maximum absolute atomic E-state index is 9.93. The lowest BCUT2D eigenvalue weighted by atomic mass is 10.0. The maximum Gasteiger partial charge on any atom is 0.138 e. The van der Waals surface area contributed by atoms with Crippen molar-refractivity contribution in [1.82, 2.24) is 19.9 Å². The first-order valence-corrected chi connectivity index (χ1v) is 9.19. The average molecular weight is 364 g/mol. The van der Waals surface area contributed by atoms with Crippen LogP contribution in [0.25, 0.3) is 22.2 Å². The molecule has 0 saturated heterocycles. The van der Waals surface area contributed by atoms with Crippen molar-refractivity contribution in [3.63, 3.8) is 0 Å². The summed E-state index contributed by atoms with van der Waals surface area (Å²) in [6.07, 6.45) is 8.69. The Morgan fingerprint density at radius 3 is 2.89 bits per heavy atom. The molecule has 4 heterocycles. The Labute approximate surface area is 158 Å². The van der Waals surface area contributed by atoms with Gasteiger partial charge in [0.05, 0.1) is 29.2 Å². The van der Waals surface area contributed by atoms with E-state index in [1.165, 1.54) is 5.57 Å². The van der Waals surface area contributed by atoms with E-state index in [9.17, 15) is 5.11 Å². The highest BCUT2D eigenvalue weighted by atomic mass is 16.5. The summed E-state index contributed by atoms with van der Waals surface area (Å²) in [4.78, 5) is 4.68. The van der Waals surface area contributed by atoms with Crippen LogP contribution in [0, 0.1) is 0 Å². The van der Waals surface area contributed by atoms with Gasteiger partial charge in [-0.25, -0.2) is 4.52 Å². The third-order valence-corrected chi connectivity index (χ3v) is 4.54. The number of rotatable bonds is 5. The van der Waals surface area contributed by atoms with E-state index < -0.39 is 5.60 Å². The first-order chi connectivity index (χ1) is 13.0. The van der Waals surface area contributed by atoms with Gasteiger partial charge in [0.15, 0.2) is 0 Å². The molecule has 2 N–H and O–H groups in total. The van der Waals surface area contributed by atoms with E-state index in [0.29, 0.717) is 5.75 Å². The van der Waals surface area contributed by atoms with Gasteiger partial charge in [0.2, 0.25) is 0 Å². The molecule has 4 rings (SSSR count). The van der Waals surface area contributed by atoms with E-state index >= 15 is 0 Å². The summed E-state index contributed by atoms with van der Waals surface area (Å²) >= 11 is 0. The van der Waals surface area contributed by atoms with Gasteiger partial charge in [0.1, 0.15) is 12.4 Å². The van der Waals surface area contributed by atoms with Gasteiger partial charge in [0, 0.05) is 23.9 Å². The first-order valence-electron chi connectivity index (χ1n) is 9.19. The molecule has 3 aromatic rings. The second-order valence-electron chi connectivity index (χ2n) is 7.47. The molecule has 0 aromatic carbocycles. The van der Waals surface area contributed by atoms with Crippen LogP contribution in [0.15, 0.2) is 48.9 Å². The van der Waals surface area contributed by atoms with Crippen LogP contribution in [0.2, 0.25) is 0 Å². The van der Waals surface area contributed by atoms with Gasteiger partial charge < -0.3 is 15.2 Å². The number of aliphatic hydroxyl groups is 1. The zero-order chi connectivity index (χ0) is 18.9. The van der Waals surface area contributed by atoms with E-state index in [-0.39, 0.29) is 6.61 Å². The zero-order valence-corrected chi connectivity index (χ0v) is 15.6. The fraction of sp³-hybridized carbons (Fsp3) is 0.333. The molecule has 1 aliphatic heterocycles. The molecule has 3 aromatic heterocycles. The van der Waals surface area contributed by atoms with Crippen LogP contribution in [-0.2, 0) is 0 Å². The lowest BCUT2D eigenvalue weighted by Crippen LogP contribution is -2.27. The summed E-state index contributed by atoms with van der Waals surface area (Å²) in [5, 5.41) is 17.6. The Morgan fingerprint density at radius 2 is 2.19 bits per heavy atom. The van der Waals surface area contributed by atoms with E-state index in [2.05, 4.69) is 33.6 Å². The van der Waals surface area contributed by atoms with Crippen molar-refractivity contribution >= 4 is 11.1 Å². The molecule has 0 atom stereocenters. The second kappa shape index (κ2) is 7.13. The van der Waals surface area contributed by atoms with Crippen molar-refractivity contribution in [3.05, 3.63) is 54.6 Å². The summed E-state index contributed by atoms with van der Waals surface area (Å²) in [5.41, 5.74) is 4.41. The molecule has 6 nitrogen and oxygen atoms in total. The number of ether oxygens (including phenoxy) is 1. The average Bonchev–Trinajstić information content (AvgIpc) is 3.15. The molecular weight excluding hydrogens is 340 g/mol. The van der Waals surface area contributed by atoms with Gasteiger partial charge >= 0.3 is 0 Å². The van der Waals surface area contributed by atoms with Crippen molar-refractivity contribution in [1.29, 1.82) is 0 Å². The number of pyridine rings is 2. The SMILES string of the molecule is CC(C)(O)COc1cc(-c2ccc(C3=CCNCC3)nc2)c2ccnn2c1. The summed E-state index contributed by atoms with van der Waals surface area (Å²) in [6, 6.07) is 8.11. The first kappa shape index (κ1) is 17.7. The largest absolute Gasteiger partial charge is 0.489 e. The molecule has 0 spiro atoms. The topological polar surface area (TPSA) is 71.7 Å². The molecule has 0 radical (unpaired) electrons. The molecule has 140 valence electrons. The van der Waals surface area contributed by atoms with Crippen LogP contribution >= 0.6 is 0 Å². The lowest BCUT2D eigenvalue weighted by Gasteiger charge is -2.18. The van der Waals surface area contributed by atoms with Crippen molar-refractivity contribution in [2.45, 2.75) is 25.9 Å². The third-order valence-electron chi connectivity index (χ3n) is 4.54. The lowest BCUT2D eigenvalue weighted by molar-refractivity contribution is 0.0283. The molecule has 0 fully saturated rings. The van der Waals surface area contributed by atoms with E-state index in [0.717, 1.165) is 41.8 Å². The molecule has 0 amide bonds. The van der Waals surface area contributed by atoms with Gasteiger partial charge in [0.25, 0.3) is 0 Å². The number of aromatic nitrogens is 3. The fourth-order valence-electron chi connectivity index (χ4n) is 3.17. The van der Waals surface area contributed by atoms with Crippen LogP contribution in [0.1, 0.15) is 26.0 Å². The Kier molecular flexibility index (Phi) is 4.68. The van der Waals surface area contributed by atoms with E-state index in [1.54, 1.807) is 24.6 Å². The van der Waals surface area contributed by atoms with Crippen molar-refractivity contribution in [2.24, 2.45) is 0 Å². The number of fused-ring (bicyclic) bond motifs is 1. The standard InChI is InChI=1S/C21H24N4O2/c1-21(2,26)14-27-17-11-18(20-7-10-24-25(20)13-17)16-3-4-19(23-12-16)15-5-8-22-9-6-15/h3-5,7,10-13,22,26H,6,8-9,14H2,1-2H3. The minimum Gasteiger partial charge on any atom is -0.489 e. The predicted octanol–water partition coefficient (Wildman–Crippen LogP) is 2.92. The Hall–Kier alpha value is -2.70. The number of hydrogen-bond acceptors (Lipinski definition) is 5. The summed E-state index contributed by atoms with van der Waals surface area (Å²) in [6.45, 7) is 5.54. The minimum absolute atomic E-state index is 0.207. The van der Waals surface area contributed by atoms with Gasteiger partial charge in [-0.1, -0.05) is 12.1 Å². The molecule has 27 heavy (non-hydrogen) atoms. The second-order valence-corrected chi connectivity index (χ2v) is 7.47. The smallest absolute Gasteiger partial charge is 0.138 e. The summed E-state index contributed by atoms with van der Waals surface area (Å²) < 4.78 is 7.57. The zero-order valence-electron chi connectivity index (χ0n) is 15.6. The normalized spacial score (nSPS) is 15.0. The van der Waals surface area contributed by atoms with Crippen molar-refractivity contribution < 1.29 is 9.84 Å².